The van der Waals surface area contributed by atoms with Crippen molar-refractivity contribution in [1.82, 2.24) is 15.3 Å². The van der Waals surface area contributed by atoms with Crippen LogP contribution >= 0.6 is 0 Å². The summed E-state index contributed by atoms with van der Waals surface area (Å²) in [5.41, 5.74) is 1.42. The molecule has 4 rings (SSSR count). The molecule has 1 heterocycles. The third kappa shape index (κ3) is 4.93. The van der Waals surface area contributed by atoms with E-state index in [0.29, 0.717) is 11.5 Å². The van der Waals surface area contributed by atoms with Crippen molar-refractivity contribution in [2.75, 3.05) is 24.3 Å². The first-order valence-corrected chi connectivity index (χ1v) is 10.7. The summed E-state index contributed by atoms with van der Waals surface area (Å²) in [6, 6.07) is 14.7. The number of amides is 1. The van der Waals surface area contributed by atoms with E-state index in [4.69, 9.17) is 4.98 Å². The topological polar surface area (TPSA) is 70.2 Å². The van der Waals surface area contributed by atoms with Crippen LogP contribution < -0.4 is 15.5 Å². The smallest absolute Gasteiger partial charge is 0.225 e. The van der Waals surface area contributed by atoms with Crippen molar-refractivity contribution in [2.45, 2.75) is 38.3 Å². The number of hydrogen-bond donors (Lipinski definition) is 2. The Hall–Kier alpha value is -3.22. The number of para-hydroxylation sites is 1. The number of nitrogens with zero attached hydrogens (tertiary/aromatic N) is 3. The maximum atomic E-state index is 13.7. The van der Waals surface area contributed by atoms with E-state index in [1.807, 2.05) is 43.3 Å². The Bertz CT molecular complexity index is 1060. The van der Waals surface area contributed by atoms with Crippen molar-refractivity contribution in [2.24, 2.45) is 5.92 Å². The van der Waals surface area contributed by atoms with Gasteiger partial charge in [-0.3, -0.25) is 4.79 Å². The van der Waals surface area contributed by atoms with Crippen LogP contribution in [0.15, 0.2) is 48.5 Å². The van der Waals surface area contributed by atoms with Gasteiger partial charge in [-0.1, -0.05) is 30.3 Å². The number of fused-ring (bicyclic) bond motifs is 1. The second kappa shape index (κ2) is 9.29. The summed E-state index contributed by atoms with van der Waals surface area (Å²) in [6.45, 7) is 0.224. The zero-order chi connectivity index (χ0) is 21.8. The summed E-state index contributed by atoms with van der Waals surface area (Å²) in [5, 5.41) is 7.37. The normalized spacial score (nSPS) is 18.5. The summed E-state index contributed by atoms with van der Waals surface area (Å²) in [7, 11) is 3.95. The predicted octanol–water partition coefficient (Wildman–Crippen LogP) is 4.12. The molecule has 31 heavy (non-hydrogen) atoms. The summed E-state index contributed by atoms with van der Waals surface area (Å²) in [6.07, 6.45) is 3.31. The second-order valence-corrected chi connectivity index (χ2v) is 8.28. The van der Waals surface area contributed by atoms with Crippen LogP contribution in [0.4, 0.5) is 16.2 Å². The molecule has 2 aromatic carbocycles. The molecule has 0 aliphatic heterocycles. The van der Waals surface area contributed by atoms with Gasteiger partial charge in [0.05, 0.1) is 5.52 Å². The quantitative estimate of drug-likeness (QED) is 0.627. The van der Waals surface area contributed by atoms with Gasteiger partial charge in [0.25, 0.3) is 0 Å². The predicted molar refractivity (Wildman–Crippen MR) is 121 cm³/mol. The van der Waals surface area contributed by atoms with E-state index < -0.39 is 0 Å². The Kier molecular flexibility index (Phi) is 6.30. The highest BCUT2D eigenvalue weighted by Crippen LogP contribution is 2.28. The van der Waals surface area contributed by atoms with Crippen molar-refractivity contribution in [3.05, 3.63) is 59.9 Å². The van der Waals surface area contributed by atoms with Crippen LogP contribution in [0.25, 0.3) is 10.9 Å². The number of aromatic nitrogens is 2. The van der Waals surface area contributed by atoms with E-state index in [0.717, 1.165) is 42.4 Å². The first-order valence-electron chi connectivity index (χ1n) is 10.7. The lowest BCUT2D eigenvalue weighted by Gasteiger charge is -2.28. The number of rotatable bonds is 6. The van der Waals surface area contributed by atoms with E-state index >= 15 is 0 Å². The van der Waals surface area contributed by atoms with Crippen molar-refractivity contribution in [3.8, 4) is 0 Å². The minimum absolute atomic E-state index is 0.00134. The minimum atomic E-state index is -0.289. The monoisotopic (exact) mass is 421 g/mol. The lowest BCUT2D eigenvalue weighted by atomic mass is 9.85. The van der Waals surface area contributed by atoms with E-state index in [9.17, 15) is 9.18 Å². The molecule has 7 heteroatoms. The first kappa shape index (κ1) is 21.0. The Labute approximate surface area is 181 Å². The molecule has 3 aromatic rings. The van der Waals surface area contributed by atoms with Gasteiger partial charge in [-0.05, 0) is 43.9 Å². The van der Waals surface area contributed by atoms with Gasteiger partial charge in [0.15, 0.2) is 0 Å². The number of anilines is 2. The van der Waals surface area contributed by atoms with Gasteiger partial charge < -0.3 is 15.5 Å². The zero-order valence-electron chi connectivity index (χ0n) is 17.9. The van der Waals surface area contributed by atoms with E-state index in [-0.39, 0.29) is 30.2 Å². The molecular weight excluding hydrogens is 393 g/mol. The van der Waals surface area contributed by atoms with Gasteiger partial charge in [-0.15, -0.1) is 0 Å². The average molecular weight is 422 g/mol. The maximum absolute atomic E-state index is 13.7. The van der Waals surface area contributed by atoms with Gasteiger partial charge in [-0.25, -0.2) is 9.37 Å². The Morgan fingerprint density at radius 1 is 1.03 bits per heavy atom. The van der Waals surface area contributed by atoms with Gasteiger partial charge in [0.1, 0.15) is 11.6 Å². The van der Waals surface area contributed by atoms with Crippen LogP contribution in [0.2, 0.25) is 0 Å². The van der Waals surface area contributed by atoms with Gasteiger partial charge in [0, 0.05) is 43.5 Å². The summed E-state index contributed by atoms with van der Waals surface area (Å²) in [4.78, 5) is 23.9. The Morgan fingerprint density at radius 3 is 2.48 bits per heavy atom. The first-order chi connectivity index (χ1) is 15.0. The highest BCUT2D eigenvalue weighted by Gasteiger charge is 2.27. The molecule has 1 saturated carbocycles. The molecule has 1 aliphatic rings. The van der Waals surface area contributed by atoms with Crippen LogP contribution in [-0.4, -0.2) is 36.0 Å². The van der Waals surface area contributed by atoms with Crippen molar-refractivity contribution in [3.63, 3.8) is 0 Å². The third-order valence-corrected chi connectivity index (χ3v) is 5.85. The van der Waals surface area contributed by atoms with E-state index in [1.165, 1.54) is 6.07 Å². The molecule has 0 spiro atoms. The molecule has 1 amide bonds. The molecule has 1 aromatic heterocycles. The molecule has 1 fully saturated rings. The van der Waals surface area contributed by atoms with Crippen LogP contribution in [0, 0.1) is 11.7 Å². The standard InChI is InChI=1S/C24H28FN5O/c1-30(2)22-19-8-4-6-10-21(19)28-24(29-22)27-18-13-11-16(12-14-18)23(31)26-15-17-7-3-5-9-20(17)25/h3-10,16,18H,11-15H2,1-2H3,(H,26,31)(H,27,28,29)/t16-,18+. The lowest BCUT2D eigenvalue weighted by molar-refractivity contribution is -0.126. The van der Waals surface area contributed by atoms with Crippen LogP contribution in [0.3, 0.4) is 0 Å². The zero-order valence-corrected chi connectivity index (χ0v) is 17.9. The number of carbonyl (C=O) groups excluding carboxylic acids is 1. The Balaban J connectivity index is 1.34. The van der Waals surface area contributed by atoms with Gasteiger partial charge in [-0.2, -0.15) is 4.98 Å². The molecule has 0 atom stereocenters. The fourth-order valence-corrected chi connectivity index (χ4v) is 4.12. The van der Waals surface area contributed by atoms with E-state index in [1.54, 1.807) is 18.2 Å². The fourth-order valence-electron chi connectivity index (χ4n) is 4.12. The average Bonchev–Trinajstić information content (AvgIpc) is 2.78. The van der Waals surface area contributed by atoms with Gasteiger partial charge in [0.2, 0.25) is 11.9 Å². The summed E-state index contributed by atoms with van der Waals surface area (Å²) < 4.78 is 13.7. The fraction of sp³-hybridized carbons (Fsp3) is 0.375. The lowest BCUT2D eigenvalue weighted by Crippen LogP contribution is -2.36. The van der Waals surface area contributed by atoms with Crippen molar-refractivity contribution < 1.29 is 9.18 Å². The summed E-state index contributed by atoms with van der Waals surface area (Å²) >= 11 is 0. The SMILES string of the molecule is CN(C)c1nc(N[C@H]2CC[C@@H](C(=O)NCc3ccccc3F)CC2)nc2ccccc12. The number of carbonyl (C=O) groups is 1. The number of benzene rings is 2. The number of nitrogens with one attached hydrogen (secondary N) is 2. The summed E-state index contributed by atoms with van der Waals surface area (Å²) in [5.74, 6) is 1.17. The number of hydrogen-bond acceptors (Lipinski definition) is 5. The molecule has 0 saturated heterocycles. The van der Waals surface area contributed by atoms with Crippen LogP contribution in [0.1, 0.15) is 31.2 Å². The highest BCUT2D eigenvalue weighted by atomic mass is 19.1. The molecule has 0 radical (unpaired) electrons. The molecule has 1 aliphatic carbocycles. The Morgan fingerprint density at radius 2 is 1.74 bits per heavy atom. The minimum Gasteiger partial charge on any atom is -0.362 e. The molecule has 162 valence electrons. The highest BCUT2D eigenvalue weighted by molar-refractivity contribution is 5.90. The van der Waals surface area contributed by atoms with Crippen LogP contribution in [-0.2, 0) is 11.3 Å². The van der Waals surface area contributed by atoms with Gasteiger partial charge >= 0.3 is 0 Å². The second-order valence-electron chi connectivity index (χ2n) is 8.28. The molecule has 0 bridgehead atoms. The maximum Gasteiger partial charge on any atom is 0.225 e. The van der Waals surface area contributed by atoms with E-state index in [2.05, 4.69) is 15.6 Å². The van der Waals surface area contributed by atoms with Crippen molar-refractivity contribution >= 4 is 28.6 Å². The molecule has 0 unspecified atom stereocenters. The molecular formula is C24H28FN5O. The molecule has 6 nitrogen and oxygen atoms in total. The number of halogens is 1. The van der Waals surface area contributed by atoms with Crippen molar-refractivity contribution in [1.29, 1.82) is 0 Å². The largest absolute Gasteiger partial charge is 0.362 e. The third-order valence-electron chi connectivity index (χ3n) is 5.85. The van der Waals surface area contributed by atoms with Crippen LogP contribution in [0.5, 0.6) is 0 Å². The molecule has 2 N–H and O–H groups in total.